The van der Waals surface area contributed by atoms with Gasteiger partial charge in [0.05, 0.1) is 0 Å². The van der Waals surface area contributed by atoms with Crippen LogP contribution in [0.4, 0.5) is 0 Å². The molecule has 142 valence electrons. The molecule has 2 aromatic rings. The Labute approximate surface area is 166 Å². The number of allylic oxidation sites excluding steroid dienone is 3. The van der Waals surface area contributed by atoms with Crippen LogP contribution in [-0.2, 0) is 5.41 Å². The van der Waals surface area contributed by atoms with Crippen LogP contribution in [0, 0.1) is 6.92 Å². The molecule has 0 bridgehead atoms. The average Bonchev–Trinajstić information content (AvgIpc) is 2.66. The molecule has 0 saturated carbocycles. The van der Waals surface area contributed by atoms with E-state index in [2.05, 4.69) is 108 Å². The van der Waals surface area contributed by atoms with Gasteiger partial charge in [0.1, 0.15) is 0 Å². The molecule has 2 aromatic carbocycles. The SMILES string of the molecule is C=Cc1cc(/C=C/C(=C)/C=C\c2ccccc2C)cc(C(C)(C)C)c1.CC. The van der Waals surface area contributed by atoms with Crippen LogP contribution in [0.1, 0.15) is 62.4 Å². The van der Waals surface area contributed by atoms with E-state index in [-0.39, 0.29) is 5.41 Å². The van der Waals surface area contributed by atoms with Crippen LogP contribution in [0.15, 0.2) is 73.3 Å². The Bertz CT molecular complexity index is 823. The standard InChI is InChI=1S/C25H28.C2H6/c1-7-21-16-22(18-24(17-21)25(4,5)6)14-12-19(2)13-15-23-11-9-8-10-20(23)3;1-2/h7-18H,1-2H2,3-6H3;1-2H3/b14-12+,15-13-;. The molecular weight excluding hydrogens is 324 g/mol. The molecule has 0 spiro atoms. The van der Waals surface area contributed by atoms with E-state index in [1.54, 1.807) is 0 Å². The van der Waals surface area contributed by atoms with Crippen LogP contribution in [0.2, 0.25) is 0 Å². The van der Waals surface area contributed by atoms with Crippen LogP contribution in [-0.4, -0.2) is 0 Å². The van der Waals surface area contributed by atoms with E-state index >= 15 is 0 Å². The third kappa shape index (κ3) is 7.27. The summed E-state index contributed by atoms with van der Waals surface area (Å²) in [6, 6.07) is 14.9. The van der Waals surface area contributed by atoms with Crippen LogP contribution in [0.25, 0.3) is 18.2 Å². The van der Waals surface area contributed by atoms with Gasteiger partial charge in [-0.1, -0.05) is 115 Å². The van der Waals surface area contributed by atoms with E-state index in [1.807, 2.05) is 19.9 Å². The van der Waals surface area contributed by atoms with Crippen molar-refractivity contribution in [2.75, 3.05) is 0 Å². The van der Waals surface area contributed by atoms with Crippen molar-refractivity contribution in [3.05, 3.63) is 101 Å². The lowest BCUT2D eigenvalue weighted by Gasteiger charge is -2.20. The maximum Gasteiger partial charge on any atom is -0.0131 e. The molecule has 0 aliphatic carbocycles. The van der Waals surface area contributed by atoms with Crippen molar-refractivity contribution in [3.8, 4) is 0 Å². The second-order valence-electron chi connectivity index (χ2n) is 7.44. The van der Waals surface area contributed by atoms with Crippen molar-refractivity contribution in [1.82, 2.24) is 0 Å². The third-order valence-corrected chi connectivity index (χ3v) is 4.23. The fraction of sp³-hybridized carbons (Fsp3) is 0.259. The fourth-order valence-electron chi connectivity index (χ4n) is 2.55. The summed E-state index contributed by atoms with van der Waals surface area (Å²) in [5.41, 5.74) is 7.21. The highest BCUT2D eigenvalue weighted by atomic mass is 14.2. The van der Waals surface area contributed by atoms with E-state index in [0.717, 1.165) is 11.1 Å². The molecule has 0 aliphatic heterocycles. The van der Waals surface area contributed by atoms with Gasteiger partial charge in [-0.25, -0.2) is 0 Å². The van der Waals surface area contributed by atoms with Gasteiger partial charge in [-0.2, -0.15) is 0 Å². The molecule has 0 aliphatic rings. The summed E-state index contributed by atoms with van der Waals surface area (Å²) in [5, 5.41) is 0. The molecule has 0 aromatic heterocycles. The number of rotatable bonds is 5. The van der Waals surface area contributed by atoms with Gasteiger partial charge in [-0.05, 0) is 51.8 Å². The summed E-state index contributed by atoms with van der Waals surface area (Å²) < 4.78 is 0. The molecule has 0 amide bonds. The molecule has 0 N–H and O–H groups in total. The maximum atomic E-state index is 4.13. The first-order chi connectivity index (χ1) is 12.8. The van der Waals surface area contributed by atoms with E-state index in [1.165, 1.54) is 22.3 Å². The van der Waals surface area contributed by atoms with E-state index in [9.17, 15) is 0 Å². The highest BCUT2D eigenvalue weighted by Crippen LogP contribution is 2.25. The van der Waals surface area contributed by atoms with Crippen molar-refractivity contribution in [2.45, 2.75) is 47.0 Å². The molecule has 0 saturated heterocycles. The van der Waals surface area contributed by atoms with Crippen molar-refractivity contribution in [3.63, 3.8) is 0 Å². The minimum atomic E-state index is 0.114. The van der Waals surface area contributed by atoms with Gasteiger partial charge in [0, 0.05) is 0 Å². The van der Waals surface area contributed by atoms with Crippen LogP contribution >= 0.6 is 0 Å². The van der Waals surface area contributed by atoms with Crippen LogP contribution in [0.5, 0.6) is 0 Å². The van der Waals surface area contributed by atoms with Gasteiger partial charge < -0.3 is 0 Å². The summed E-state index contributed by atoms with van der Waals surface area (Å²) in [6.45, 7) is 20.8. The lowest BCUT2D eigenvalue weighted by molar-refractivity contribution is 0.590. The molecule has 27 heavy (non-hydrogen) atoms. The molecule has 0 radical (unpaired) electrons. The van der Waals surface area contributed by atoms with E-state index < -0.39 is 0 Å². The molecule has 2 rings (SSSR count). The van der Waals surface area contributed by atoms with Gasteiger partial charge in [0.25, 0.3) is 0 Å². The molecular formula is C27H34. The normalized spacial score (nSPS) is 11.3. The first-order valence-electron chi connectivity index (χ1n) is 9.68. The first-order valence-corrected chi connectivity index (χ1v) is 9.68. The monoisotopic (exact) mass is 358 g/mol. The molecule has 0 heteroatoms. The number of aryl methyl sites for hydroxylation is 1. The largest absolute Gasteiger partial charge is 0.0985 e. The Morgan fingerprint density at radius 1 is 0.889 bits per heavy atom. The smallest absolute Gasteiger partial charge is 0.0131 e. The van der Waals surface area contributed by atoms with Crippen molar-refractivity contribution < 1.29 is 0 Å². The molecule has 0 fully saturated rings. The van der Waals surface area contributed by atoms with Crippen molar-refractivity contribution in [2.24, 2.45) is 0 Å². The van der Waals surface area contributed by atoms with Gasteiger partial charge in [-0.15, -0.1) is 0 Å². The molecule has 0 heterocycles. The second-order valence-corrected chi connectivity index (χ2v) is 7.44. The molecule has 0 atom stereocenters. The predicted molar refractivity (Wildman–Crippen MR) is 125 cm³/mol. The minimum Gasteiger partial charge on any atom is -0.0985 e. The number of hydrogen-bond donors (Lipinski definition) is 0. The Kier molecular flexibility index (Phi) is 8.75. The quantitative estimate of drug-likeness (QED) is 0.472. The van der Waals surface area contributed by atoms with Gasteiger partial charge >= 0.3 is 0 Å². The fourth-order valence-corrected chi connectivity index (χ4v) is 2.55. The van der Waals surface area contributed by atoms with Gasteiger partial charge in [0.2, 0.25) is 0 Å². The van der Waals surface area contributed by atoms with Crippen LogP contribution < -0.4 is 0 Å². The van der Waals surface area contributed by atoms with Crippen LogP contribution in [0.3, 0.4) is 0 Å². The van der Waals surface area contributed by atoms with E-state index in [4.69, 9.17) is 0 Å². The third-order valence-electron chi connectivity index (χ3n) is 4.23. The Morgan fingerprint density at radius 2 is 1.48 bits per heavy atom. The average molecular weight is 359 g/mol. The number of benzene rings is 2. The summed E-state index contributed by atoms with van der Waals surface area (Å²) in [4.78, 5) is 0. The second kappa shape index (κ2) is 10.5. The zero-order valence-corrected chi connectivity index (χ0v) is 17.8. The Hall–Kier alpha value is -2.60. The predicted octanol–water partition coefficient (Wildman–Crippen LogP) is 8.24. The summed E-state index contributed by atoms with van der Waals surface area (Å²) in [6.07, 6.45) is 10.2. The maximum absolute atomic E-state index is 4.13. The van der Waals surface area contributed by atoms with Gasteiger partial charge in [-0.3, -0.25) is 0 Å². The summed E-state index contributed by atoms with van der Waals surface area (Å²) >= 11 is 0. The first kappa shape index (κ1) is 22.4. The summed E-state index contributed by atoms with van der Waals surface area (Å²) in [5.74, 6) is 0. The Balaban J connectivity index is 0.00000176. The van der Waals surface area contributed by atoms with Gasteiger partial charge in [0.15, 0.2) is 0 Å². The highest BCUT2D eigenvalue weighted by Gasteiger charge is 2.14. The lowest BCUT2D eigenvalue weighted by Crippen LogP contribution is -2.11. The topological polar surface area (TPSA) is 0 Å². The van der Waals surface area contributed by atoms with Crippen molar-refractivity contribution >= 4 is 18.2 Å². The zero-order valence-electron chi connectivity index (χ0n) is 17.8. The highest BCUT2D eigenvalue weighted by molar-refractivity contribution is 5.63. The lowest BCUT2D eigenvalue weighted by atomic mass is 9.85. The zero-order chi connectivity index (χ0) is 20.4. The summed E-state index contributed by atoms with van der Waals surface area (Å²) in [7, 11) is 0. The minimum absolute atomic E-state index is 0.114. The molecule has 0 nitrogen and oxygen atoms in total. The Morgan fingerprint density at radius 3 is 2.07 bits per heavy atom. The van der Waals surface area contributed by atoms with Crippen molar-refractivity contribution in [1.29, 1.82) is 0 Å². The van der Waals surface area contributed by atoms with E-state index in [0.29, 0.717) is 0 Å². The number of hydrogen-bond acceptors (Lipinski definition) is 0. The molecule has 0 unspecified atom stereocenters.